The average molecular weight is 384 g/mol. The van der Waals surface area contributed by atoms with E-state index in [9.17, 15) is 4.79 Å². The first-order valence-corrected chi connectivity index (χ1v) is 9.07. The Bertz CT molecular complexity index is 790. The van der Waals surface area contributed by atoms with Crippen LogP contribution in [0.25, 0.3) is 0 Å². The van der Waals surface area contributed by atoms with Crippen molar-refractivity contribution in [3.8, 4) is 11.5 Å². The number of rotatable bonds is 8. The normalized spacial score (nSPS) is 10.9. The molecule has 2 rings (SSSR count). The highest BCUT2D eigenvalue weighted by molar-refractivity contribution is 5.88. The molecular formula is C21H28N4O3. The highest BCUT2D eigenvalue weighted by Crippen LogP contribution is 2.17. The lowest BCUT2D eigenvalue weighted by Crippen LogP contribution is -2.40. The highest BCUT2D eigenvalue weighted by atomic mass is 16.5. The van der Waals surface area contributed by atoms with Gasteiger partial charge in [0.25, 0.3) is 0 Å². The molecule has 0 atom stereocenters. The number of nitrogens with one attached hydrogen (secondary N) is 2. The number of amides is 1. The van der Waals surface area contributed by atoms with Crippen LogP contribution in [0.4, 0.5) is 5.69 Å². The molecule has 0 saturated heterocycles. The summed E-state index contributed by atoms with van der Waals surface area (Å²) in [6.07, 6.45) is 0. The van der Waals surface area contributed by atoms with Crippen molar-refractivity contribution in [3.63, 3.8) is 0 Å². The quantitative estimate of drug-likeness (QED) is 0.416. The zero-order valence-electron chi connectivity index (χ0n) is 16.9. The number of hydrogen-bond acceptors (Lipinski definition) is 4. The average Bonchev–Trinajstić information content (AvgIpc) is 2.68. The highest BCUT2D eigenvalue weighted by Gasteiger charge is 2.07. The van der Waals surface area contributed by atoms with E-state index < -0.39 is 0 Å². The summed E-state index contributed by atoms with van der Waals surface area (Å²) >= 11 is 0. The van der Waals surface area contributed by atoms with Crippen LogP contribution in [0.3, 0.4) is 0 Å². The van der Waals surface area contributed by atoms with Crippen molar-refractivity contribution >= 4 is 17.6 Å². The van der Waals surface area contributed by atoms with Crippen LogP contribution in [0, 0.1) is 0 Å². The van der Waals surface area contributed by atoms with E-state index >= 15 is 0 Å². The Morgan fingerprint density at radius 1 is 1.14 bits per heavy atom. The second-order valence-electron chi connectivity index (χ2n) is 6.24. The summed E-state index contributed by atoms with van der Waals surface area (Å²) in [5.41, 5.74) is 1.88. The van der Waals surface area contributed by atoms with Crippen LogP contribution in [-0.4, -0.2) is 51.1 Å². The molecule has 0 spiro atoms. The number of guanidine groups is 1. The van der Waals surface area contributed by atoms with E-state index in [1.54, 1.807) is 20.2 Å². The first kappa shape index (κ1) is 21.1. The van der Waals surface area contributed by atoms with Gasteiger partial charge < -0.3 is 25.0 Å². The fourth-order valence-corrected chi connectivity index (χ4v) is 2.66. The van der Waals surface area contributed by atoms with E-state index in [1.165, 1.54) is 6.92 Å². The summed E-state index contributed by atoms with van der Waals surface area (Å²) in [5, 5.41) is 6.03. The Labute approximate surface area is 166 Å². The molecule has 0 radical (unpaired) electrons. The number of aliphatic imine (C=N–C) groups is 1. The number of hydrogen-bond donors (Lipinski definition) is 2. The summed E-state index contributed by atoms with van der Waals surface area (Å²) in [7, 11) is 5.40. The molecule has 28 heavy (non-hydrogen) atoms. The minimum atomic E-state index is -0.109. The largest absolute Gasteiger partial charge is 0.497 e. The van der Waals surface area contributed by atoms with Crippen LogP contribution < -0.4 is 20.1 Å². The number of carbonyl (C=O) groups excluding carboxylic acids is 1. The van der Waals surface area contributed by atoms with Gasteiger partial charge in [0.1, 0.15) is 18.1 Å². The standard InChI is InChI=1S/C21H28N4O3/c1-16(26)24-18-6-5-7-20(14-18)28-13-12-23-21(22-2)25(3)15-17-8-10-19(27-4)11-9-17/h5-11,14H,12-13,15H2,1-4H3,(H,22,23)(H,24,26). The monoisotopic (exact) mass is 384 g/mol. The Morgan fingerprint density at radius 3 is 2.54 bits per heavy atom. The Balaban J connectivity index is 1.79. The molecule has 2 N–H and O–H groups in total. The fraction of sp³-hybridized carbons (Fsp3) is 0.333. The van der Waals surface area contributed by atoms with Gasteiger partial charge >= 0.3 is 0 Å². The number of benzene rings is 2. The smallest absolute Gasteiger partial charge is 0.221 e. The van der Waals surface area contributed by atoms with E-state index in [1.807, 2.05) is 54.4 Å². The molecule has 0 aliphatic heterocycles. The van der Waals surface area contributed by atoms with Crippen molar-refractivity contribution in [2.75, 3.05) is 39.7 Å². The molecule has 7 heteroatoms. The van der Waals surface area contributed by atoms with E-state index in [0.717, 1.165) is 23.8 Å². The molecule has 0 aromatic heterocycles. The van der Waals surface area contributed by atoms with E-state index in [0.29, 0.717) is 24.6 Å². The molecule has 2 aromatic carbocycles. The minimum Gasteiger partial charge on any atom is -0.497 e. The number of methoxy groups -OCH3 is 1. The summed E-state index contributed by atoms with van der Waals surface area (Å²) in [6, 6.07) is 15.3. The van der Waals surface area contributed by atoms with Crippen molar-refractivity contribution in [2.24, 2.45) is 4.99 Å². The topological polar surface area (TPSA) is 75.2 Å². The fourth-order valence-electron chi connectivity index (χ4n) is 2.66. The van der Waals surface area contributed by atoms with Crippen LogP contribution in [0.15, 0.2) is 53.5 Å². The third-order valence-corrected chi connectivity index (χ3v) is 3.96. The molecule has 0 fully saturated rings. The molecule has 7 nitrogen and oxygen atoms in total. The van der Waals surface area contributed by atoms with Gasteiger partial charge in [0.15, 0.2) is 5.96 Å². The second kappa shape index (κ2) is 10.8. The summed E-state index contributed by atoms with van der Waals surface area (Å²) in [6.45, 7) is 3.28. The number of ether oxygens (including phenoxy) is 2. The maximum Gasteiger partial charge on any atom is 0.221 e. The van der Waals surface area contributed by atoms with Gasteiger partial charge in [0, 0.05) is 39.3 Å². The van der Waals surface area contributed by atoms with Gasteiger partial charge in [-0.3, -0.25) is 9.79 Å². The zero-order valence-corrected chi connectivity index (χ0v) is 16.9. The summed E-state index contributed by atoms with van der Waals surface area (Å²) < 4.78 is 10.9. The molecule has 0 unspecified atom stereocenters. The van der Waals surface area contributed by atoms with Crippen LogP contribution in [0.2, 0.25) is 0 Å². The first-order valence-electron chi connectivity index (χ1n) is 9.07. The van der Waals surface area contributed by atoms with Crippen LogP contribution in [0.5, 0.6) is 11.5 Å². The van der Waals surface area contributed by atoms with E-state index in [-0.39, 0.29) is 5.91 Å². The van der Waals surface area contributed by atoms with E-state index in [2.05, 4.69) is 15.6 Å². The Morgan fingerprint density at radius 2 is 1.89 bits per heavy atom. The molecule has 0 aliphatic carbocycles. The molecule has 2 aromatic rings. The molecule has 150 valence electrons. The van der Waals surface area contributed by atoms with E-state index in [4.69, 9.17) is 9.47 Å². The van der Waals surface area contributed by atoms with Crippen molar-refractivity contribution in [2.45, 2.75) is 13.5 Å². The minimum absolute atomic E-state index is 0.109. The van der Waals surface area contributed by atoms with Crippen molar-refractivity contribution in [1.82, 2.24) is 10.2 Å². The molecular weight excluding hydrogens is 356 g/mol. The zero-order chi connectivity index (χ0) is 20.4. The predicted molar refractivity (Wildman–Crippen MR) is 112 cm³/mol. The predicted octanol–water partition coefficient (Wildman–Crippen LogP) is 2.74. The Kier molecular flexibility index (Phi) is 8.14. The molecule has 1 amide bonds. The van der Waals surface area contributed by atoms with Crippen molar-refractivity contribution in [3.05, 3.63) is 54.1 Å². The van der Waals surface area contributed by atoms with Gasteiger partial charge in [-0.05, 0) is 29.8 Å². The van der Waals surface area contributed by atoms with Crippen molar-refractivity contribution < 1.29 is 14.3 Å². The third-order valence-electron chi connectivity index (χ3n) is 3.96. The van der Waals surface area contributed by atoms with Gasteiger partial charge in [-0.15, -0.1) is 0 Å². The first-order chi connectivity index (χ1) is 13.5. The number of anilines is 1. The maximum absolute atomic E-state index is 11.1. The molecule has 0 bridgehead atoms. The Hall–Kier alpha value is -3.22. The number of nitrogens with zero attached hydrogens (tertiary/aromatic N) is 2. The molecule has 0 aliphatic rings. The van der Waals surface area contributed by atoms with Gasteiger partial charge in [-0.25, -0.2) is 0 Å². The SMILES string of the molecule is CN=C(NCCOc1cccc(NC(C)=O)c1)N(C)Cc1ccc(OC)cc1. The second-order valence-corrected chi connectivity index (χ2v) is 6.24. The summed E-state index contributed by atoms with van der Waals surface area (Å²) in [4.78, 5) is 17.5. The van der Waals surface area contributed by atoms with Gasteiger partial charge in [-0.2, -0.15) is 0 Å². The van der Waals surface area contributed by atoms with Crippen molar-refractivity contribution in [1.29, 1.82) is 0 Å². The van der Waals surface area contributed by atoms with Gasteiger partial charge in [-0.1, -0.05) is 18.2 Å². The molecule has 0 heterocycles. The van der Waals surface area contributed by atoms with Gasteiger partial charge in [0.05, 0.1) is 13.7 Å². The number of carbonyl (C=O) groups is 1. The van der Waals surface area contributed by atoms with Gasteiger partial charge in [0.2, 0.25) is 5.91 Å². The maximum atomic E-state index is 11.1. The molecule has 0 saturated carbocycles. The lowest BCUT2D eigenvalue weighted by molar-refractivity contribution is -0.114. The van der Waals surface area contributed by atoms with Crippen LogP contribution >= 0.6 is 0 Å². The van der Waals surface area contributed by atoms with Crippen LogP contribution in [0.1, 0.15) is 12.5 Å². The third kappa shape index (κ3) is 6.83. The van der Waals surface area contributed by atoms with Crippen LogP contribution in [-0.2, 0) is 11.3 Å². The lowest BCUT2D eigenvalue weighted by atomic mass is 10.2. The lowest BCUT2D eigenvalue weighted by Gasteiger charge is -2.22. The summed E-state index contributed by atoms with van der Waals surface area (Å²) in [5.74, 6) is 2.22.